The molecule has 2 atom stereocenters. The molecule has 0 amide bonds. The van der Waals surface area contributed by atoms with E-state index in [1.165, 1.54) is 0 Å². The van der Waals surface area contributed by atoms with Crippen molar-refractivity contribution in [3.63, 3.8) is 0 Å². The molecule has 8 rings (SSSR count). The molecule has 2 aromatic carbocycles. The van der Waals surface area contributed by atoms with E-state index in [1.807, 2.05) is 92.6 Å². The molecule has 4 aliphatic rings. The van der Waals surface area contributed by atoms with Gasteiger partial charge in [-0.25, -0.2) is 9.36 Å². The zero-order valence-electron chi connectivity index (χ0n) is 35.8. The third kappa shape index (κ3) is 8.15. The van der Waals surface area contributed by atoms with Gasteiger partial charge in [0.25, 0.3) is 0 Å². The van der Waals surface area contributed by atoms with Crippen molar-refractivity contribution >= 4 is 41.5 Å². The van der Waals surface area contributed by atoms with E-state index < -0.39 is 48.5 Å². The molecule has 58 heavy (non-hydrogen) atoms. The quantitative estimate of drug-likeness (QED) is 0.141. The molecule has 0 aliphatic carbocycles. The fourth-order valence-electron chi connectivity index (χ4n) is 7.82. The predicted octanol–water partition coefficient (Wildman–Crippen LogP) is 9.94. The minimum atomic E-state index is -0.675. The lowest BCUT2D eigenvalue weighted by atomic mass is 9.61. The van der Waals surface area contributed by atoms with Crippen LogP contribution in [-0.4, -0.2) is 69.4 Å². The zero-order valence-corrected chi connectivity index (χ0v) is 35.8. The Morgan fingerprint density at radius 2 is 1.17 bits per heavy atom. The summed E-state index contributed by atoms with van der Waals surface area (Å²) in [6.45, 7) is 21.7. The van der Waals surface area contributed by atoms with Crippen LogP contribution in [0.15, 0.2) is 41.9 Å². The predicted molar refractivity (Wildman–Crippen MR) is 224 cm³/mol. The van der Waals surface area contributed by atoms with E-state index in [2.05, 4.69) is 29.0 Å². The van der Waals surface area contributed by atoms with Gasteiger partial charge in [0.05, 0.1) is 44.2 Å². The molecule has 0 saturated carbocycles. The Morgan fingerprint density at radius 3 is 1.64 bits per heavy atom. The summed E-state index contributed by atoms with van der Waals surface area (Å²) in [5.74, 6) is 5.05. The third-order valence-corrected chi connectivity index (χ3v) is 12.7. The van der Waals surface area contributed by atoms with Crippen LogP contribution < -0.4 is 0 Å². The SMILES string of the molecule is CC/C(B1OC(C)(C)C(C)(C)O1)=C(/B1OC(C)(C)C(C)(C)O1)c1ccc2c(c1)c(F)nn2C1CCCCO1.CCC#Cc1ccc2c(c1)c(F)nn2C1CCCCO1. The molecule has 6 heterocycles. The molecule has 4 aromatic rings. The van der Waals surface area contributed by atoms with E-state index in [0.717, 1.165) is 72.5 Å². The van der Waals surface area contributed by atoms with Gasteiger partial charge in [0, 0.05) is 25.2 Å². The molecular weight excluding hydrogens is 740 g/mol. The molecule has 2 aromatic heterocycles. The van der Waals surface area contributed by atoms with Crippen LogP contribution in [0.5, 0.6) is 0 Å². The number of nitrogens with zero attached hydrogens (tertiary/aromatic N) is 4. The topological polar surface area (TPSA) is 91.0 Å². The minimum Gasteiger partial charge on any atom is -0.400 e. The number of allylic oxidation sites excluding steroid dienone is 1. The Bertz CT molecular complexity index is 2190. The summed E-state index contributed by atoms with van der Waals surface area (Å²) in [4.78, 5) is 0. The first-order chi connectivity index (χ1) is 27.5. The summed E-state index contributed by atoms with van der Waals surface area (Å²) in [5.41, 5.74) is 2.74. The van der Waals surface area contributed by atoms with Crippen molar-refractivity contribution in [3.05, 3.63) is 64.9 Å². The number of halogens is 2. The summed E-state index contributed by atoms with van der Waals surface area (Å²) < 4.78 is 70.3. The molecule has 310 valence electrons. The van der Waals surface area contributed by atoms with Gasteiger partial charge in [-0.1, -0.05) is 31.8 Å². The van der Waals surface area contributed by atoms with Crippen LogP contribution in [0.3, 0.4) is 0 Å². The highest BCUT2D eigenvalue weighted by Gasteiger charge is 2.56. The highest BCUT2D eigenvalue weighted by Crippen LogP contribution is 2.45. The number of hydrogen-bond donors (Lipinski definition) is 0. The first-order valence-electron chi connectivity index (χ1n) is 21.0. The Hall–Kier alpha value is -3.57. The van der Waals surface area contributed by atoms with Gasteiger partial charge in [0.15, 0.2) is 12.5 Å². The van der Waals surface area contributed by atoms with Crippen molar-refractivity contribution in [3.8, 4) is 11.8 Å². The second-order valence-corrected chi connectivity index (χ2v) is 17.7. The van der Waals surface area contributed by atoms with Crippen molar-refractivity contribution in [1.82, 2.24) is 19.6 Å². The molecule has 0 radical (unpaired) electrons. The normalized spacial score (nSPS) is 24.0. The lowest BCUT2D eigenvalue weighted by molar-refractivity contribution is -0.0376. The summed E-state index contributed by atoms with van der Waals surface area (Å²) in [5, 5.41) is 9.20. The number of hydrogen-bond acceptors (Lipinski definition) is 8. The van der Waals surface area contributed by atoms with Crippen LogP contribution in [0.25, 0.3) is 27.3 Å². The van der Waals surface area contributed by atoms with Crippen LogP contribution in [0.1, 0.15) is 144 Å². The first-order valence-corrected chi connectivity index (χ1v) is 21.0. The second kappa shape index (κ2) is 16.5. The van der Waals surface area contributed by atoms with Crippen molar-refractivity contribution < 1.29 is 36.9 Å². The first kappa shape index (κ1) is 42.6. The van der Waals surface area contributed by atoms with E-state index in [4.69, 9.17) is 28.1 Å². The van der Waals surface area contributed by atoms with Gasteiger partial charge in [0.2, 0.25) is 11.9 Å². The van der Waals surface area contributed by atoms with Gasteiger partial charge in [-0.05, 0) is 147 Å². The maximum absolute atomic E-state index is 15.3. The fourth-order valence-corrected chi connectivity index (χ4v) is 7.82. The van der Waals surface area contributed by atoms with Crippen molar-refractivity contribution in [2.75, 3.05) is 13.2 Å². The van der Waals surface area contributed by atoms with Gasteiger partial charge in [-0.2, -0.15) is 8.78 Å². The Morgan fingerprint density at radius 1 is 0.690 bits per heavy atom. The Balaban J connectivity index is 0.000000214. The maximum atomic E-state index is 15.3. The van der Waals surface area contributed by atoms with Gasteiger partial charge in [-0.15, -0.1) is 10.2 Å². The van der Waals surface area contributed by atoms with E-state index in [0.29, 0.717) is 35.9 Å². The Labute approximate surface area is 342 Å². The summed E-state index contributed by atoms with van der Waals surface area (Å²) in [6.07, 6.45) is 6.94. The lowest BCUT2D eigenvalue weighted by Crippen LogP contribution is -2.41. The molecule has 14 heteroatoms. The number of rotatable bonds is 6. The highest BCUT2D eigenvalue weighted by atomic mass is 19.1. The van der Waals surface area contributed by atoms with Gasteiger partial charge in [-0.3, -0.25) is 0 Å². The third-order valence-electron chi connectivity index (χ3n) is 12.7. The van der Waals surface area contributed by atoms with Crippen LogP contribution >= 0.6 is 0 Å². The number of ether oxygens (including phenoxy) is 2. The van der Waals surface area contributed by atoms with Crippen molar-refractivity contribution in [2.24, 2.45) is 0 Å². The number of aromatic nitrogens is 4. The summed E-state index contributed by atoms with van der Waals surface area (Å²) in [7, 11) is -1.26. The Kier molecular flexibility index (Phi) is 12.1. The molecule has 4 aliphatic heterocycles. The van der Waals surface area contributed by atoms with Gasteiger partial charge >= 0.3 is 14.2 Å². The monoisotopic (exact) mass is 798 g/mol. The van der Waals surface area contributed by atoms with Crippen molar-refractivity contribution in [1.29, 1.82) is 0 Å². The molecule has 0 bridgehead atoms. The summed E-state index contributed by atoms with van der Waals surface area (Å²) in [6, 6.07) is 11.3. The smallest absolute Gasteiger partial charge is 0.400 e. The van der Waals surface area contributed by atoms with Crippen LogP contribution in [0, 0.1) is 23.7 Å². The van der Waals surface area contributed by atoms with E-state index in [9.17, 15) is 4.39 Å². The highest BCUT2D eigenvalue weighted by molar-refractivity contribution is 6.74. The van der Waals surface area contributed by atoms with E-state index in [-0.39, 0.29) is 12.5 Å². The average molecular weight is 799 g/mol. The molecule has 10 nitrogen and oxygen atoms in total. The summed E-state index contributed by atoms with van der Waals surface area (Å²) >= 11 is 0. The number of fused-ring (bicyclic) bond motifs is 2. The van der Waals surface area contributed by atoms with Crippen LogP contribution in [0.2, 0.25) is 0 Å². The van der Waals surface area contributed by atoms with Crippen molar-refractivity contribution in [2.45, 2.75) is 155 Å². The molecular formula is C44H58B2F2N4O6. The second-order valence-electron chi connectivity index (χ2n) is 17.7. The van der Waals surface area contributed by atoms with E-state index >= 15 is 4.39 Å². The molecule has 0 N–H and O–H groups in total. The molecule has 4 fully saturated rings. The average Bonchev–Trinajstić information content (AvgIpc) is 3.84. The maximum Gasteiger partial charge on any atom is 0.494 e. The number of benzene rings is 2. The standard InChI is InChI=1S/C28H41B2FN2O5.C16H17FN2O/c1-10-20(29-35-25(2,3)26(4,5)36-29)23(30-37-27(6,7)28(8,9)38-30)18-14-15-21-19(17-18)24(31)32-33(21)22-13-11-12-16-34-22;1-2-3-6-12-8-9-14-13(11-12)16(17)18-19(14)15-7-4-5-10-20-15/h14-15,17,22H,10-13,16H2,1-9H3;8-9,11,15H,2,4-5,7,10H2,1H3/b23-20-;. The molecule has 0 spiro atoms. The zero-order chi connectivity index (χ0) is 41.6. The van der Waals surface area contributed by atoms with Gasteiger partial charge in [0.1, 0.15) is 0 Å². The minimum absolute atomic E-state index is 0.150. The van der Waals surface area contributed by atoms with Gasteiger partial charge < -0.3 is 28.1 Å². The fraction of sp³-hybridized carbons (Fsp3) is 0.591. The molecule has 4 saturated heterocycles. The van der Waals surface area contributed by atoms with Crippen LogP contribution in [0.4, 0.5) is 8.78 Å². The van der Waals surface area contributed by atoms with E-state index in [1.54, 1.807) is 15.4 Å². The lowest BCUT2D eigenvalue weighted by Gasteiger charge is -2.32. The largest absolute Gasteiger partial charge is 0.494 e. The van der Waals surface area contributed by atoms with Crippen LogP contribution in [-0.2, 0) is 28.1 Å². The molecule has 2 unspecified atom stereocenters.